The second-order valence-corrected chi connectivity index (χ2v) is 5.72. The molecular formula is C20H24N2O4. The first-order chi connectivity index (χ1) is 12.6. The monoisotopic (exact) mass is 356 g/mol. The minimum atomic E-state index is -0.303. The molecule has 0 aliphatic heterocycles. The van der Waals surface area contributed by atoms with Crippen LogP contribution in [0.3, 0.4) is 0 Å². The van der Waals surface area contributed by atoms with E-state index in [2.05, 4.69) is 5.32 Å². The molecule has 138 valence electrons. The first-order valence-electron chi connectivity index (χ1n) is 8.35. The highest BCUT2D eigenvalue weighted by atomic mass is 16.5. The zero-order valence-electron chi connectivity index (χ0n) is 15.3. The van der Waals surface area contributed by atoms with E-state index in [1.165, 1.54) is 21.1 Å². The van der Waals surface area contributed by atoms with Gasteiger partial charge in [-0.1, -0.05) is 36.4 Å². The third-order valence-electron chi connectivity index (χ3n) is 3.98. The minimum absolute atomic E-state index is 0.0435. The molecule has 1 N–H and O–H groups in total. The molecule has 2 aromatic carbocycles. The Labute approximate surface area is 153 Å². The molecular weight excluding hydrogens is 332 g/mol. The fourth-order valence-electron chi connectivity index (χ4n) is 2.62. The predicted octanol–water partition coefficient (Wildman–Crippen LogP) is 2.48. The van der Waals surface area contributed by atoms with Crippen molar-refractivity contribution in [1.29, 1.82) is 0 Å². The summed E-state index contributed by atoms with van der Waals surface area (Å²) in [6, 6.07) is 14.9. The lowest BCUT2D eigenvalue weighted by atomic mass is 10.1. The van der Waals surface area contributed by atoms with Crippen LogP contribution in [-0.2, 0) is 11.3 Å². The van der Waals surface area contributed by atoms with Gasteiger partial charge in [0.25, 0.3) is 5.91 Å². The van der Waals surface area contributed by atoms with Gasteiger partial charge in [-0.2, -0.15) is 0 Å². The van der Waals surface area contributed by atoms with Gasteiger partial charge in [-0.15, -0.1) is 0 Å². The highest BCUT2D eigenvalue weighted by Crippen LogP contribution is 2.27. The van der Waals surface area contributed by atoms with Gasteiger partial charge in [-0.25, -0.2) is 0 Å². The van der Waals surface area contributed by atoms with Crippen LogP contribution in [0, 0.1) is 0 Å². The zero-order chi connectivity index (χ0) is 18.9. The van der Waals surface area contributed by atoms with E-state index in [-0.39, 0.29) is 11.8 Å². The average molecular weight is 356 g/mol. The van der Waals surface area contributed by atoms with Gasteiger partial charge < -0.3 is 19.7 Å². The number of carbonyl (C=O) groups is 2. The van der Waals surface area contributed by atoms with Gasteiger partial charge in [0.15, 0.2) is 0 Å². The van der Waals surface area contributed by atoms with Crippen molar-refractivity contribution in [2.75, 3.05) is 27.3 Å². The predicted molar refractivity (Wildman–Crippen MR) is 99.4 cm³/mol. The number of methoxy groups -OCH3 is 2. The van der Waals surface area contributed by atoms with Crippen molar-refractivity contribution < 1.29 is 19.1 Å². The van der Waals surface area contributed by atoms with Crippen molar-refractivity contribution in [2.45, 2.75) is 13.5 Å². The van der Waals surface area contributed by atoms with E-state index in [4.69, 9.17) is 9.47 Å². The van der Waals surface area contributed by atoms with Crippen molar-refractivity contribution in [1.82, 2.24) is 10.2 Å². The summed E-state index contributed by atoms with van der Waals surface area (Å²) < 4.78 is 10.5. The summed E-state index contributed by atoms with van der Waals surface area (Å²) in [5.74, 6) is 0.532. The summed E-state index contributed by atoms with van der Waals surface area (Å²) in [4.78, 5) is 26.1. The molecule has 2 rings (SSSR count). The fourth-order valence-corrected chi connectivity index (χ4v) is 2.62. The maximum absolute atomic E-state index is 12.5. The standard InChI is InChI=1S/C20H24N2O4/c1-15(23)22(14-16-8-5-4-6-9-16)13-12-21-20(24)19-17(25-2)10-7-11-18(19)26-3/h4-11H,12-14H2,1-3H3,(H,21,24). The Morgan fingerprint density at radius 2 is 1.58 bits per heavy atom. The second-order valence-electron chi connectivity index (χ2n) is 5.72. The van der Waals surface area contributed by atoms with Crippen LogP contribution in [0.1, 0.15) is 22.8 Å². The molecule has 0 spiro atoms. The van der Waals surface area contributed by atoms with Crippen LogP contribution < -0.4 is 14.8 Å². The average Bonchev–Trinajstić information content (AvgIpc) is 2.66. The van der Waals surface area contributed by atoms with Gasteiger partial charge in [0, 0.05) is 26.6 Å². The van der Waals surface area contributed by atoms with E-state index in [1.54, 1.807) is 23.1 Å². The topological polar surface area (TPSA) is 67.9 Å². The van der Waals surface area contributed by atoms with Gasteiger partial charge >= 0.3 is 0 Å². The molecule has 0 fully saturated rings. The molecule has 26 heavy (non-hydrogen) atoms. The van der Waals surface area contributed by atoms with E-state index >= 15 is 0 Å². The van der Waals surface area contributed by atoms with Crippen molar-refractivity contribution in [3.05, 3.63) is 59.7 Å². The Bertz CT molecular complexity index is 724. The lowest BCUT2D eigenvalue weighted by Gasteiger charge is -2.21. The van der Waals surface area contributed by atoms with Crippen molar-refractivity contribution >= 4 is 11.8 Å². The number of carbonyl (C=O) groups excluding carboxylic acids is 2. The lowest BCUT2D eigenvalue weighted by molar-refractivity contribution is -0.129. The molecule has 0 atom stereocenters. The van der Waals surface area contributed by atoms with Gasteiger partial charge in [0.05, 0.1) is 14.2 Å². The molecule has 2 aromatic rings. The Balaban J connectivity index is 1.99. The SMILES string of the molecule is COc1cccc(OC)c1C(=O)NCCN(Cc1ccccc1)C(C)=O. The quantitative estimate of drug-likeness (QED) is 0.789. The first-order valence-corrected chi connectivity index (χ1v) is 8.35. The second kappa shape index (κ2) is 9.46. The lowest BCUT2D eigenvalue weighted by Crippen LogP contribution is -2.37. The molecule has 0 unspecified atom stereocenters. The van der Waals surface area contributed by atoms with Gasteiger partial charge in [0.2, 0.25) is 5.91 Å². The molecule has 0 aliphatic carbocycles. The molecule has 0 aromatic heterocycles. The van der Waals surface area contributed by atoms with Crippen molar-refractivity contribution in [3.8, 4) is 11.5 Å². The molecule has 0 saturated heterocycles. The smallest absolute Gasteiger partial charge is 0.258 e. The van der Waals surface area contributed by atoms with Crippen LogP contribution in [-0.4, -0.2) is 44.0 Å². The van der Waals surface area contributed by atoms with E-state index in [1.807, 2.05) is 30.3 Å². The molecule has 0 aliphatic rings. The molecule has 0 bridgehead atoms. The number of hydrogen-bond donors (Lipinski definition) is 1. The Kier molecular flexibility index (Phi) is 7.02. The maximum atomic E-state index is 12.5. The summed E-state index contributed by atoms with van der Waals surface area (Å²) in [5, 5.41) is 2.83. The molecule has 6 nitrogen and oxygen atoms in total. The summed E-state index contributed by atoms with van der Waals surface area (Å²) >= 11 is 0. The number of nitrogens with zero attached hydrogens (tertiary/aromatic N) is 1. The molecule has 2 amide bonds. The summed E-state index contributed by atoms with van der Waals surface area (Å²) in [7, 11) is 3.01. The van der Waals surface area contributed by atoms with Gasteiger partial charge in [-0.05, 0) is 17.7 Å². The third-order valence-corrected chi connectivity index (χ3v) is 3.98. The summed E-state index contributed by atoms with van der Waals surface area (Å²) in [5.41, 5.74) is 1.38. The van der Waals surface area contributed by atoms with Gasteiger partial charge in [0.1, 0.15) is 17.1 Å². The van der Waals surface area contributed by atoms with Crippen LogP contribution in [0.15, 0.2) is 48.5 Å². The minimum Gasteiger partial charge on any atom is -0.496 e. The van der Waals surface area contributed by atoms with E-state index < -0.39 is 0 Å². The fraction of sp³-hybridized carbons (Fsp3) is 0.300. The zero-order valence-corrected chi connectivity index (χ0v) is 15.3. The normalized spacial score (nSPS) is 10.1. The number of ether oxygens (including phenoxy) is 2. The van der Waals surface area contributed by atoms with E-state index in [0.717, 1.165) is 5.56 Å². The van der Waals surface area contributed by atoms with E-state index in [9.17, 15) is 9.59 Å². The van der Waals surface area contributed by atoms with Crippen LogP contribution in [0.4, 0.5) is 0 Å². The molecule has 0 saturated carbocycles. The number of hydrogen-bond acceptors (Lipinski definition) is 4. The Morgan fingerprint density at radius 3 is 2.12 bits per heavy atom. The first kappa shape index (κ1) is 19.3. The Morgan fingerprint density at radius 1 is 0.962 bits per heavy atom. The summed E-state index contributed by atoms with van der Waals surface area (Å²) in [6.07, 6.45) is 0. The molecule has 0 radical (unpaired) electrons. The van der Waals surface area contributed by atoms with E-state index in [0.29, 0.717) is 36.7 Å². The summed E-state index contributed by atoms with van der Waals surface area (Å²) in [6.45, 7) is 2.76. The third kappa shape index (κ3) is 4.99. The molecule has 6 heteroatoms. The van der Waals surface area contributed by atoms with Crippen LogP contribution in [0.5, 0.6) is 11.5 Å². The molecule has 0 heterocycles. The largest absolute Gasteiger partial charge is 0.496 e. The van der Waals surface area contributed by atoms with Crippen molar-refractivity contribution in [3.63, 3.8) is 0 Å². The highest BCUT2D eigenvalue weighted by Gasteiger charge is 2.18. The van der Waals surface area contributed by atoms with Crippen LogP contribution in [0.25, 0.3) is 0 Å². The maximum Gasteiger partial charge on any atom is 0.258 e. The van der Waals surface area contributed by atoms with Crippen LogP contribution in [0.2, 0.25) is 0 Å². The highest BCUT2D eigenvalue weighted by molar-refractivity contribution is 5.99. The van der Waals surface area contributed by atoms with Crippen molar-refractivity contribution in [2.24, 2.45) is 0 Å². The number of rotatable bonds is 8. The van der Waals surface area contributed by atoms with Crippen LogP contribution >= 0.6 is 0 Å². The number of benzene rings is 2. The number of amides is 2. The van der Waals surface area contributed by atoms with Gasteiger partial charge in [-0.3, -0.25) is 9.59 Å². The number of nitrogens with one attached hydrogen (secondary N) is 1. The Hall–Kier alpha value is -3.02.